The summed E-state index contributed by atoms with van der Waals surface area (Å²) in [5.74, 6) is -0.225. The Morgan fingerprint density at radius 2 is 1.77 bits per heavy atom. The molecule has 0 aliphatic rings. The van der Waals surface area contributed by atoms with E-state index in [4.69, 9.17) is 4.74 Å². The quantitative estimate of drug-likeness (QED) is 0.481. The lowest BCUT2D eigenvalue weighted by molar-refractivity contribution is 0.0674. The van der Waals surface area contributed by atoms with Gasteiger partial charge < -0.3 is 4.74 Å². The van der Waals surface area contributed by atoms with Crippen LogP contribution in [0.5, 0.6) is 0 Å². The molecule has 0 aliphatic carbocycles. The molecule has 0 aliphatic heterocycles. The maximum atomic E-state index is 10.4. The van der Waals surface area contributed by atoms with Gasteiger partial charge in [0.1, 0.15) is 5.85 Å². The van der Waals surface area contributed by atoms with E-state index in [1.165, 1.54) is 0 Å². The first-order valence-electron chi connectivity index (χ1n) is 3.76. The molecule has 6 heteroatoms. The molecular formula is C7H12Br3O2P. The van der Waals surface area contributed by atoms with Gasteiger partial charge in [-0.2, -0.15) is 0 Å². The van der Waals surface area contributed by atoms with Gasteiger partial charge in [-0.05, 0) is 6.92 Å². The lowest BCUT2D eigenvalue weighted by Crippen LogP contribution is -2.33. The minimum atomic E-state index is -0.225. The fourth-order valence-electron chi connectivity index (χ4n) is 0.551. The maximum Gasteiger partial charge on any atom is 0.187 e. The van der Waals surface area contributed by atoms with Crippen LogP contribution in [0.25, 0.3) is 0 Å². The van der Waals surface area contributed by atoms with Crippen LogP contribution < -0.4 is 0 Å². The van der Waals surface area contributed by atoms with Gasteiger partial charge in [0.05, 0.1) is 6.61 Å². The zero-order valence-electron chi connectivity index (χ0n) is 7.30. The van der Waals surface area contributed by atoms with Crippen molar-refractivity contribution in [2.45, 2.75) is 12.8 Å². The molecule has 0 saturated heterocycles. The van der Waals surface area contributed by atoms with E-state index in [9.17, 15) is 4.57 Å². The summed E-state index contributed by atoms with van der Waals surface area (Å²) in [5, 5.41) is 2.54. The average Bonchev–Trinajstić information content (AvgIpc) is 2.20. The second-order valence-electron chi connectivity index (χ2n) is 2.92. The van der Waals surface area contributed by atoms with Crippen LogP contribution in [0.15, 0.2) is 0 Å². The van der Waals surface area contributed by atoms with E-state index in [1.807, 2.05) is 0 Å². The molecule has 0 fully saturated rings. The van der Waals surface area contributed by atoms with Crippen molar-refractivity contribution in [3.8, 4) is 0 Å². The van der Waals surface area contributed by atoms with E-state index >= 15 is 0 Å². The molecular weight excluding hydrogens is 387 g/mol. The summed E-state index contributed by atoms with van der Waals surface area (Å²) in [6, 6.07) is 0. The largest absolute Gasteiger partial charge is 0.366 e. The zero-order valence-corrected chi connectivity index (χ0v) is 13.0. The second kappa shape index (κ2) is 7.75. The van der Waals surface area contributed by atoms with E-state index in [1.54, 1.807) is 6.92 Å². The highest BCUT2D eigenvalue weighted by molar-refractivity contribution is 9.10. The third-order valence-electron chi connectivity index (χ3n) is 1.63. The lowest BCUT2D eigenvalue weighted by atomic mass is 9.98. The molecule has 2 nitrogen and oxygen atoms in total. The van der Waals surface area contributed by atoms with Gasteiger partial charge in [0.15, 0.2) is 8.46 Å². The van der Waals surface area contributed by atoms with E-state index in [-0.39, 0.29) is 19.7 Å². The Balaban J connectivity index is 4.02. The van der Waals surface area contributed by atoms with Crippen LogP contribution in [-0.2, 0) is 9.30 Å². The van der Waals surface area contributed by atoms with Gasteiger partial charge in [0.25, 0.3) is 0 Å². The lowest BCUT2D eigenvalue weighted by Gasteiger charge is -2.27. The average molecular weight is 399 g/mol. The van der Waals surface area contributed by atoms with Gasteiger partial charge in [-0.25, -0.2) is 0 Å². The monoisotopic (exact) mass is 396 g/mol. The first kappa shape index (κ1) is 14.5. The molecule has 1 atom stereocenters. The zero-order chi connectivity index (χ0) is 10.3. The summed E-state index contributed by atoms with van der Waals surface area (Å²) < 4.78 is 15.8. The van der Waals surface area contributed by atoms with Gasteiger partial charge in [-0.3, -0.25) is 4.57 Å². The molecule has 0 heterocycles. The molecule has 13 heavy (non-hydrogen) atoms. The number of ether oxygens (including phenoxy) is 1. The van der Waals surface area contributed by atoms with Crippen molar-refractivity contribution >= 4 is 56.2 Å². The summed E-state index contributed by atoms with van der Waals surface area (Å²) in [6.07, 6.45) is 0. The standard InChI is InChI=1S/C7H12Br3O2P/c1-6(13-11)12-5-7(2-8,3-9)4-10/h6H,2-5H2,1H3. The van der Waals surface area contributed by atoms with Crippen molar-refractivity contribution in [2.75, 3.05) is 22.6 Å². The summed E-state index contributed by atoms with van der Waals surface area (Å²) in [5.41, 5.74) is 0.0406. The number of hydrogen-bond donors (Lipinski definition) is 0. The first-order valence-corrected chi connectivity index (χ1v) is 8.00. The molecule has 0 bridgehead atoms. The third kappa shape index (κ3) is 5.22. The van der Waals surface area contributed by atoms with Gasteiger partial charge in [-0.15, -0.1) is 0 Å². The van der Waals surface area contributed by atoms with Crippen molar-refractivity contribution in [1.82, 2.24) is 0 Å². The Bertz CT molecular complexity index is 144. The summed E-state index contributed by atoms with van der Waals surface area (Å²) in [4.78, 5) is 0. The molecule has 0 rings (SSSR count). The van der Waals surface area contributed by atoms with Crippen LogP contribution in [0.4, 0.5) is 0 Å². The van der Waals surface area contributed by atoms with Crippen molar-refractivity contribution < 1.29 is 9.30 Å². The van der Waals surface area contributed by atoms with Crippen LogP contribution in [0, 0.1) is 5.41 Å². The summed E-state index contributed by atoms with van der Waals surface area (Å²) in [6.45, 7) is 2.38. The van der Waals surface area contributed by atoms with Crippen LogP contribution in [0.2, 0.25) is 0 Å². The number of alkyl halides is 3. The third-order valence-corrected chi connectivity index (χ3v) is 5.64. The van der Waals surface area contributed by atoms with Crippen molar-refractivity contribution in [1.29, 1.82) is 0 Å². The fraction of sp³-hybridized carbons (Fsp3) is 1.00. The Morgan fingerprint density at radius 1 is 1.31 bits per heavy atom. The maximum absolute atomic E-state index is 10.4. The minimum absolute atomic E-state index is 0.0406. The number of hydrogen-bond acceptors (Lipinski definition) is 2. The van der Waals surface area contributed by atoms with Gasteiger partial charge in [0, 0.05) is 21.4 Å². The van der Waals surface area contributed by atoms with Crippen molar-refractivity contribution in [3.05, 3.63) is 0 Å². The van der Waals surface area contributed by atoms with E-state index in [0.717, 1.165) is 16.0 Å². The van der Waals surface area contributed by atoms with Gasteiger partial charge in [0.2, 0.25) is 0 Å². The smallest absolute Gasteiger partial charge is 0.187 e. The predicted octanol–water partition coefficient (Wildman–Crippen LogP) is 3.81. The second-order valence-corrected chi connectivity index (χ2v) is 5.54. The van der Waals surface area contributed by atoms with Gasteiger partial charge in [-0.1, -0.05) is 47.8 Å². The van der Waals surface area contributed by atoms with Crippen molar-refractivity contribution in [3.63, 3.8) is 0 Å². The van der Waals surface area contributed by atoms with Crippen LogP contribution in [0.3, 0.4) is 0 Å². The molecule has 0 aromatic heterocycles. The molecule has 0 spiro atoms. The Morgan fingerprint density at radius 3 is 2.08 bits per heavy atom. The van der Waals surface area contributed by atoms with Crippen molar-refractivity contribution in [2.24, 2.45) is 5.41 Å². The van der Waals surface area contributed by atoms with Crippen LogP contribution >= 0.6 is 56.2 Å². The molecule has 1 unspecified atom stereocenters. The van der Waals surface area contributed by atoms with Crippen LogP contribution in [-0.4, -0.2) is 28.4 Å². The van der Waals surface area contributed by atoms with E-state index < -0.39 is 0 Å². The number of rotatable bonds is 7. The highest BCUT2D eigenvalue weighted by Crippen LogP contribution is 2.27. The highest BCUT2D eigenvalue weighted by Gasteiger charge is 2.27. The van der Waals surface area contributed by atoms with Gasteiger partial charge >= 0.3 is 0 Å². The van der Waals surface area contributed by atoms with E-state index in [2.05, 4.69) is 47.8 Å². The fourth-order valence-corrected chi connectivity index (χ4v) is 3.96. The topological polar surface area (TPSA) is 26.3 Å². The molecule has 0 aromatic carbocycles. The molecule has 0 N–H and O–H groups in total. The Hall–Kier alpha value is 1.50. The first-order chi connectivity index (χ1) is 6.14. The summed E-state index contributed by atoms with van der Waals surface area (Å²) >= 11 is 10.3. The predicted molar refractivity (Wildman–Crippen MR) is 66.8 cm³/mol. The normalized spacial score (nSPS) is 14.8. The molecule has 0 radical (unpaired) electrons. The number of halogens is 3. The molecule has 78 valence electrons. The molecule has 0 saturated carbocycles. The molecule has 0 amide bonds. The Labute approximate surface area is 106 Å². The molecule has 0 aromatic rings. The SMILES string of the molecule is CC(OCC(CBr)(CBr)CBr)P=O. The van der Waals surface area contributed by atoms with Crippen LogP contribution in [0.1, 0.15) is 6.92 Å². The highest BCUT2D eigenvalue weighted by atomic mass is 79.9. The summed E-state index contributed by atoms with van der Waals surface area (Å²) in [7, 11) is 0.0412. The van der Waals surface area contributed by atoms with E-state index in [0.29, 0.717) is 6.61 Å². The Kier molecular flexibility index (Phi) is 8.64. The minimum Gasteiger partial charge on any atom is -0.366 e.